The molecule has 0 saturated carbocycles. The van der Waals surface area contributed by atoms with E-state index in [9.17, 15) is 14.2 Å². The van der Waals surface area contributed by atoms with Gasteiger partial charge in [0.25, 0.3) is 0 Å². The molecule has 0 aromatic heterocycles. The van der Waals surface area contributed by atoms with Crippen molar-refractivity contribution in [3.8, 4) is 0 Å². The summed E-state index contributed by atoms with van der Waals surface area (Å²) in [5.74, 6) is 0.705. The summed E-state index contributed by atoms with van der Waals surface area (Å²) in [6, 6.07) is 0. The predicted octanol–water partition coefficient (Wildman–Crippen LogP) is 1.75. The number of hydrogen-bond acceptors (Lipinski definition) is 5. The second-order valence-corrected chi connectivity index (χ2v) is 8.09. The van der Waals surface area contributed by atoms with Crippen molar-refractivity contribution in [2.45, 2.75) is 38.5 Å². The lowest BCUT2D eigenvalue weighted by molar-refractivity contribution is -0.122. The number of unbranched alkanes of at least 4 members (excludes halogenated alkanes) is 3. The SMILES string of the molecule is CSCCC(=O)NCCC(=O)NCCCCCCOP(C)(=O)O. The van der Waals surface area contributed by atoms with Crippen LogP contribution in [0.1, 0.15) is 38.5 Å². The molecule has 0 aliphatic rings. The molecule has 0 radical (unpaired) electrons. The molecule has 0 spiro atoms. The first-order valence-electron chi connectivity index (χ1n) is 7.82. The Labute approximate surface area is 142 Å². The van der Waals surface area contributed by atoms with Crippen LogP contribution in [0.5, 0.6) is 0 Å². The van der Waals surface area contributed by atoms with Crippen LogP contribution in [0.3, 0.4) is 0 Å². The fraction of sp³-hybridized carbons (Fsp3) is 0.857. The molecule has 0 saturated heterocycles. The standard InChI is InChI=1S/C14H29N2O5PS/c1-22(19,20)21-11-6-4-3-5-9-15-13(17)7-10-16-14(18)8-12-23-2/h3-12H2,1-2H3,(H,15,17)(H,16,18)(H,19,20). The van der Waals surface area contributed by atoms with Crippen LogP contribution >= 0.6 is 19.4 Å². The van der Waals surface area contributed by atoms with Gasteiger partial charge in [-0.3, -0.25) is 14.2 Å². The molecule has 0 aromatic rings. The third-order valence-electron chi connectivity index (χ3n) is 2.93. The van der Waals surface area contributed by atoms with Crippen molar-refractivity contribution in [2.75, 3.05) is 38.4 Å². The minimum absolute atomic E-state index is 0.0196. The molecular weight excluding hydrogens is 339 g/mol. The molecule has 23 heavy (non-hydrogen) atoms. The molecule has 0 aromatic carbocycles. The quantitative estimate of drug-likeness (QED) is 0.319. The summed E-state index contributed by atoms with van der Waals surface area (Å²) in [6.45, 7) is 2.43. The minimum atomic E-state index is -3.35. The molecule has 7 nitrogen and oxygen atoms in total. The highest BCUT2D eigenvalue weighted by molar-refractivity contribution is 7.98. The van der Waals surface area contributed by atoms with Gasteiger partial charge in [-0.05, 0) is 19.1 Å². The zero-order valence-corrected chi connectivity index (χ0v) is 15.7. The van der Waals surface area contributed by atoms with Crippen molar-refractivity contribution in [3.63, 3.8) is 0 Å². The van der Waals surface area contributed by atoms with Crippen LogP contribution in [0.15, 0.2) is 0 Å². The molecule has 0 aliphatic carbocycles. The van der Waals surface area contributed by atoms with Crippen molar-refractivity contribution in [1.29, 1.82) is 0 Å². The largest absolute Gasteiger partial charge is 0.356 e. The van der Waals surface area contributed by atoms with Crippen LogP contribution in [0.4, 0.5) is 0 Å². The van der Waals surface area contributed by atoms with Gasteiger partial charge in [-0.1, -0.05) is 12.8 Å². The van der Waals surface area contributed by atoms with E-state index in [0.29, 0.717) is 25.9 Å². The smallest absolute Gasteiger partial charge is 0.325 e. The third-order valence-corrected chi connectivity index (χ3v) is 4.21. The Morgan fingerprint density at radius 1 is 1.04 bits per heavy atom. The van der Waals surface area contributed by atoms with E-state index in [4.69, 9.17) is 9.42 Å². The lowest BCUT2D eigenvalue weighted by Gasteiger charge is -2.07. The first-order chi connectivity index (χ1) is 10.8. The minimum Gasteiger partial charge on any atom is -0.356 e. The van der Waals surface area contributed by atoms with E-state index < -0.39 is 7.60 Å². The van der Waals surface area contributed by atoms with Crippen molar-refractivity contribution in [3.05, 3.63) is 0 Å². The average Bonchev–Trinajstić information content (AvgIpc) is 2.46. The van der Waals surface area contributed by atoms with Crippen LogP contribution in [0.2, 0.25) is 0 Å². The molecule has 0 rings (SSSR count). The molecule has 2 amide bonds. The van der Waals surface area contributed by atoms with Crippen LogP contribution < -0.4 is 10.6 Å². The molecule has 0 heterocycles. The topological polar surface area (TPSA) is 105 Å². The molecule has 1 unspecified atom stereocenters. The Morgan fingerprint density at radius 2 is 1.65 bits per heavy atom. The molecular formula is C14H29N2O5PS. The number of rotatable bonds is 14. The van der Waals surface area contributed by atoms with E-state index >= 15 is 0 Å². The Kier molecular flexibility index (Phi) is 13.5. The molecule has 1 atom stereocenters. The van der Waals surface area contributed by atoms with Crippen LogP contribution in [0, 0.1) is 0 Å². The van der Waals surface area contributed by atoms with Gasteiger partial charge in [-0.25, -0.2) is 0 Å². The Balaban J connectivity index is 3.37. The number of thioether (sulfide) groups is 1. The maximum atomic E-state index is 11.5. The fourth-order valence-electron chi connectivity index (χ4n) is 1.73. The van der Waals surface area contributed by atoms with Crippen molar-refractivity contribution < 1.29 is 23.6 Å². The third kappa shape index (κ3) is 17.6. The van der Waals surface area contributed by atoms with E-state index in [0.717, 1.165) is 31.4 Å². The normalized spacial score (nSPS) is 13.3. The summed E-state index contributed by atoms with van der Waals surface area (Å²) in [5, 5.41) is 5.52. The second kappa shape index (κ2) is 13.8. The van der Waals surface area contributed by atoms with Gasteiger partial charge in [0.1, 0.15) is 0 Å². The molecule has 3 N–H and O–H groups in total. The fourth-order valence-corrected chi connectivity index (χ4v) is 2.59. The highest BCUT2D eigenvalue weighted by Gasteiger charge is 2.08. The summed E-state index contributed by atoms with van der Waals surface area (Å²) < 4.78 is 15.6. The van der Waals surface area contributed by atoms with Crippen molar-refractivity contribution >= 4 is 31.2 Å². The number of nitrogens with one attached hydrogen (secondary N) is 2. The molecule has 0 bridgehead atoms. The van der Waals surface area contributed by atoms with Gasteiger partial charge in [0.05, 0.1) is 6.61 Å². The first kappa shape index (κ1) is 22.4. The van der Waals surface area contributed by atoms with Gasteiger partial charge in [0, 0.05) is 38.3 Å². The maximum Gasteiger partial charge on any atom is 0.325 e. The Bertz CT molecular complexity index is 389. The highest BCUT2D eigenvalue weighted by Crippen LogP contribution is 2.36. The van der Waals surface area contributed by atoms with Crippen molar-refractivity contribution in [1.82, 2.24) is 10.6 Å². The maximum absolute atomic E-state index is 11.5. The summed E-state index contributed by atoms with van der Waals surface area (Å²) in [4.78, 5) is 31.8. The lowest BCUT2D eigenvalue weighted by Crippen LogP contribution is -2.31. The van der Waals surface area contributed by atoms with Gasteiger partial charge in [0.2, 0.25) is 11.8 Å². The first-order valence-corrected chi connectivity index (χ1v) is 11.2. The Hall–Kier alpha value is -0.560. The second-order valence-electron chi connectivity index (χ2n) is 5.24. The van der Waals surface area contributed by atoms with Gasteiger partial charge in [-0.15, -0.1) is 0 Å². The molecule has 0 fully saturated rings. The van der Waals surface area contributed by atoms with Gasteiger partial charge < -0.3 is 20.1 Å². The number of hydrogen-bond donors (Lipinski definition) is 3. The monoisotopic (exact) mass is 368 g/mol. The zero-order chi connectivity index (χ0) is 17.6. The van der Waals surface area contributed by atoms with Gasteiger partial charge in [-0.2, -0.15) is 11.8 Å². The summed E-state index contributed by atoms with van der Waals surface area (Å²) in [6.07, 6.45) is 6.12. The van der Waals surface area contributed by atoms with E-state index in [1.165, 1.54) is 6.66 Å². The predicted molar refractivity (Wildman–Crippen MR) is 93.8 cm³/mol. The van der Waals surface area contributed by atoms with Crippen LogP contribution in [0.25, 0.3) is 0 Å². The summed E-state index contributed by atoms with van der Waals surface area (Å²) >= 11 is 1.62. The highest BCUT2D eigenvalue weighted by atomic mass is 32.2. The number of carbonyl (C=O) groups is 2. The average molecular weight is 368 g/mol. The Morgan fingerprint density at radius 3 is 2.30 bits per heavy atom. The molecule has 0 aliphatic heterocycles. The van der Waals surface area contributed by atoms with E-state index in [1.807, 2.05) is 6.26 Å². The molecule has 136 valence electrons. The van der Waals surface area contributed by atoms with Gasteiger partial charge >= 0.3 is 7.60 Å². The van der Waals surface area contributed by atoms with Gasteiger partial charge in [0.15, 0.2) is 0 Å². The zero-order valence-electron chi connectivity index (χ0n) is 14.0. The van der Waals surface area contributed by atoms with E-state index in [1.54, 1.807) is 11.8 Å². The van der Waals surface area contributed by atoms with E-state index in [2.05, 4.69) is 10.6 Å². The summed E-state index contributed by atoms with van der Waals surface area (Å²) in [7, 11) is -3.35. The molecule has 9 heteroatoms. The number of amides is 2. The van der Waals surface area contributed by atoms with Crippen molar-refractivity contribution in [2.24, 2.45) is 0 Å². The lowest BCUT2D eigenvalue weighted by atomic mass is 10.2. The van der Waals surface area contributed by atoms with Crippen LogP contribution in [-0.2, 0) is 18.7 Å². The number of carbonyl (C=O) groups excluding carboxylic acids is 2. The summed E-state index contributed by atoms with van der Waals surface area (Å²) in [5.41, 5.74) is 0. The van der Waals surface area contributed by atoms with E-state index in [-0.39, 0.29) is 18.4 Å². The van der Waals surface area contributed by atoms with Crippen LogP contribution in [-0.4, -0.2) is 55.1 Å².